The van der Waals surface area contributed by atoms with Gasteiger partial charge in [-0.15, -0.1) is 11.3 Å². The monoisotopic (exact) mass is 1020 g/mol. The van der Waals surface area contributed by atoms with E-state index in [9.17, 15) is 42.7 Å². The van der Waals surface area contributed by atoms with E-state index in [0.717, 1.165) is 44.3 Å². The van der Waals surface area contributed by atoms with Gasteiger partial charge in [-0.2, -0.15) is 18.4 Å². The van der Waals surface area contributed by atoms with Crippen LogP contribution in [0.3, 0.4) is 0 Å². The highest BCUT2D eigenvalue weighted by molar-refractivity contribution is 7.81. The number of pyridine rings is 1. The van der Waals surface area contributed by atoms with E-state index in [-0.39, 0.29) is 43.5 Å². The molecular weight excluding hydrogens is 970 g/mol. The fraction of sp³-hybridized carbons (Fsp3) is 0.385. The van der Waals surface area contributed by atoms with E-state index in [1.54, 1.807) is 61.0 Å². The lowest BCUT2D eigenvalue weighted by atomic mass is 9.85. The fourth-order valence-corrected chi connectivity index (χ4v) is 9.85. The second kappa shape index (κ2) is 21.9. The summed E-state index contributed by atoms with van der Waals surface area (Å²) in [6.07, 6.45) is -2.89. The zero-order chi connectivity index (χ0) is 52.1. The molecule has 0 saturated carbocycles. The van der Waals surface area contributed by atoms with Crippen LogP contribution in [-0.4, -0.2) is 98.8 Å². The minimum atomic E-state index is -4.82. The number of halogens is 3. The highest BCUT2D eigenvalue weighted by atomic mass is 32.1. The number of carbonyl (C=O) groups is 4. The zero-order valence-corrected chi connectivity index (χ0v) is 42.2. The molecule has 0 aliphatic carbocycles. The topological polar surface area (TPSA) is 190 Å². The van der Waals surface area contributed by atoms with Crippen LogP contribution >= 0.6 is 23.6 Å². The number of likely N-dealkylation sites (tertiary alicyclic amines) is 1. The average molecular weight is 1030 g/mol. The molecule has 3 aromatic carbocycles. The van der Waals surface area contributed by atoms with Gasteiger partial charge in [-0.3, -0.25) is 29.1 Å². The van der Waals surface area contributed by atoms with Crippen molar-refractivity contribution in [2.75, 3.05) is 36.2 Å². The molecule has 0 radical (unpaired) electrons. The van der Waals surface area contributed by atoms with E-state index in [4.69, 9.17) is 21.7 Å². The summed E-state index contributed by atoms with van der Waals surface area (Å²) in [5.74, 6) is -1.27. The first-order valence-corrected chi connectivity index (χ1v) is 24.5. The third-order valence-corrected chi connectivity index (χ3v) is 13.8. The van der Waals surface area contributed by atoms with Crippen LogP contribution < -0.4 is 25.2 Å². The number of anilines is 2. The van der Waals surface area contributed by atoms with E-state index >= 15 is 0 Å². The lowest BCUT2D eigenvalue weighted by molar-refractivity contribution is -0.144. The smallest absolute Gasteiger partial charge is 0.417 e. The summed E-state index contributed by atoms with van der Waals surface area (Å²) in [5, 5.41) is 25.5. The average Bonchev–Trinajstić information content (AvgIpc) is 4.01. The Kier molecular flexibility index (Phi) is 16.1. The van der Waals surface area contributed by atoms with E-state index in [1.165, 1.54) is 22.1 Å². The number of alkyl halides is 3. The third kappa shape index (κ3) is 11.9. The lowest BCUT2D eigenvalue weighted by Gasteiger charge is -2.35. The number of aryl methyl sites for hydroxylation is 1. The third-order valence-electron chi connectivity index (χ3n) is 12.4. The van der Waals surface area contributed by atoms with Crippen molar-refractivity contribution in [3.8, 4) is 33.5 Å². The summed E-state index contributed by atoms with van der Waals surface area (Å²) in [4.78, 5) is 68.0. The molecule has 7 rings (SSSR count). The van der Waals surface area contributed by atoms with Crippen LogP contribution in [0.2, 0.25) is 0 Å². The van der Waals surface area contributed by atoms with Crippen molar-refractivity contribution in [2.45, 2.75) is 97.3 Å². The van der Waals surface area contributed by atoms with Gasteiger partial charge in [-0.25, -0.2) is 4.98 Å². The number of thiocarbonyl (C=S) groups is 1. The van der Waals surface area contributed by atoms with E-state index in [0.29, 0.717) is 36.6 Å². The van der Waals surface area contributed by atoms with Crippen molar-refractivity contribution in [1.82, 2.24) is 25.5 Å². The van der Waals surface area contributed by atoms with Crippen molar-refractivity contribution in [2.24, 2.45) is 5.41 Å². The van der Waals surface area contributed by atoms with Crippen LogP contribution in [0.5, 0.6) is 5.75 Å². The Morgan fingerprint density at radius 1 is 0.972 bits per heavy atom. The van der Waals surface area contributed by atoms with Gasteiger partial charge in [0.15, 0.2) is 5.11 Å². The molecule has 5 aromatic rings. The number of thiazole rings is 1. The molecule has 2 aliphatic heterocycles. The van der Waals surface area contributed by atoms with Gasteiger partial charge in [0.2, 0.25) is 17.7 Å². The number of hydrogen-bond acceptors (Lipinski definition) is 12. The maximum absolute atomic E-state index is 14.0. The Labute approximate surface area is 425 Å². The van der Waals surface area contributed by atoms with Gasteiger partial charge in [0.25, 0.3) is 5.91 Å². The number of β-amino-alcohol motifs (C(OH)–C–C–N with tert-alkyl or cyclic N) is 1. The summed E-state index contributed by atoms with van der Waals surface area (Å²) in [5.41, 5.74) is 2.66. The van der Waals surface area contributed by atoms with Gasteiger partial charge in [-0.1, -0.05) is 45.0 Å². The van der Waals surface area contributed by atoms with Crippen molar-refractivity contribution >= 4 is 63.7 Å². The standard InChI is InChI=1S/C52H55F3N8O7S2/c1-31-44(72-30-59-31)34-11-9-32(10-12-34)26-58-46(66)42-24-38(64)28-61(42)47(67)45(50(2,3)4)60-43(65)29-69-21-7-8-22-70-39-18-14-33(15-19-39)41-20-17-37(27-57-41)63-49(71)62(48(68)51(63,5)6)36-16-13-35(25-56)40(23-36)52(53,54)55/h9-20,23,27,30,38,42,45,64H,7-8,21-22,24,26,28-29H2,1-6H3,(H,58,66)(H,60,65)/t38-,42+,45-/m1/s1. The van der Waals surface area contributed by atoms with E-state index in [2.05, 4.69) is 20.6 Å². The number of benzene rings is 3. The molecule has 72 heavy (non-hydrogen) atoms. The van der Waals surface area contributed by atoms with Crippen LogP contribution in [0.25, 0.3) is 21.7 Å². The number of ether oxygens (including phenoxy) is 2. The Morgan fingerprint density at radius 2 is 1.65 bits per heavy atom. The van der Waals surface area contributed by atoms with Gasteiger partial charge in [0.05, 0.1) is 69.3 Å². The van der Waals surface area contributed by atoms with Crippen LogP contribution in [-0.2, 0) is 36.6 Å². The van der Waals surface area contributed by atoms with Crippen LogP contribution in [0, 0.1) is 23.7 Å². The predicted octanol–water partition coefficient (Wildman–Crippen LogP) is 7.97. The molecule has 2 aliphatic rings. The van der Waals surface area contributed by atoms with Gasteiger partial charge in [0, 0.05) is 31.7 Å². The molecule has 20 heteroatoms. The van der Waals surface area contributed by atoms with Crippen LogP contribution in [0.1, 0.15) is 76.3 Å². The molecule has 15 nitrogen and oxygen atoms in total. The first-order chi connectivity index (χ1) is 34.1. The molecule has 0 bridgehead atoms. The highest BCUT2D eigenvalue weighted by Crippen LogP contribution is 2.40. The molecule has 4 amide bonds. The summed E-state index contributed by atoms with van der Waals surface area (Å²) in [6.45, 7) is 11.2. The van der Waals surface area contributed by atoms with E-state index in [1.807, 2.05) is 64.1 Å². The van der Waals surface area contributed by atoms with Crippen molar-refractivity contribution in [1.29, 1.82) is 5.26 Å². The summed E-state index contributed by atoms with van der Waals surface area (Å²) >= 11 is 7.20. The SMILES string of the molecule is Cc1ncsc1-c1ccc(CNC(=O)[C@@H]2C[C@@H](O)CN2C(=O)[C@@H](NC(=O)COCCCCOc2ccc(-c3ccc(N4C(=S)N(c5ccc(C#N)c(C(F)(F)F)c5)C(=O)C4(C)C)cn3)cc2)C(C)(C)C)cc1. The minimum Gasteiger partial charge on any atom is -0.494 e. The van der Waals surface area contributed by atoms with Crippen molar-refractivity contribution in [3.05, 3.63) is 113 Å². The lowest BCUT2D eigenvalue weighted by Crippen LogP contribution is -2.58. The number of rotatable bonds is 17. The Balaban J connectivity index is 0.841. The second-order valence-electron chi connectivity index (χ2n) is 19.1. The molecular formula is C52H55F3N8O7S2. The number of amides is 4. The summed E-state index contributed by atoms with van der Waals surface area (Å²) in [7, 11) is 0. The van der Waals surface area contributed by atoms with E-state index < -0.39 is 70.1 Å². The molecule has 3 N–H and O–H groups in total. The first-order valence-electron chi connectivity index (χ1n) is 23.2. The Bertz CT molecular complexity index is 2850. The number of aliphatic hydroxyl groups excluding tert-OH is 1. The number of unbranched alkanes of at least 4 members (excludes halogenated alkanes) is 1. The number of aromatic nitrogens is 2. The number of nitrogens with zero attached hydrogens (tertiary/aromatic N) is 6. The minimum absolute atomic E-state index is 0.0370. The number of hydrogen-bond donors (Lipinski definition) is 3. The molecule has 4 heterocycles. The maximum Gasteiger partial charge on any atom is 0.417 e. The fourth-order valence-electron chi connectivity index (χ4n) is 8.51. The zero-order valence-electron chi connectivity index (χ0n) is 40.6. The molecule has 2 aromatic heterocycles. The van der Waals surface area contributed by atoms with Crippen LogP contribution in [0.15, 0.2) is 90.6 Å². The Morgan fingerprint density at radius 3 is 2.28 bits per heavy atom. The first kappa shape index (κ1) is 53.0. The summed E-state index contributed by atoms with van der Waals surface area (Å²) in [6, 6.07) is 21.2. The molecule has 0 spiro atoms. The molecule has 0 unspecified atom stereocenters. The molecule has 3 atom stereocenters. The van der Waals surface area contributed by atoms with Gasteiger partial charge >= 0.3 is 6.18 Å². The second-order valence-corrected chi connectivity index (χ2v) is 20.4. The largest absolute Gasteiger partial charge is 0.494 e. The van der Waals surface area contributed by atoms with Crippen LogP contribution in [0.4, 0.5) is 24.5 Å². The number of aliphatic hydroxyl groups is 1. The predicted molar refractivity (Wildman–Crippen MR) is 270 cm³/mol. The molecule has 2 fully saturated rings. The van der Waals surface area contributed by atoms with Gasteiger partial charge in [-0.05, 0) is 117 Å². The maximum atomic E-state index is 14.0. The Hall–Kier alpha value is -6.79. The molecule has 2 saturated heterocycles. The van der Waals surface area contributed by atoms with Gasteiger partial charge in [0.1, 0.15) is 30.0 Å². The van der Waals surface area contributed by atoms with Crippen molar-refractivity contribution < 1.29 is 46.9 Å². The number of nitrogens with one attached hydrogen (secondary N) is 2. The summed E-state index contributed by atoms with van der Waals surface area (Å²) < 4.78 is 52.8. The number of carbonyl (C=O) groups excluding carboxylic acids is 4. The molecule has 378 valence electrons. The van der Waals surface area contributed by atoms with Gasteiger partial charge < -0.3 is 35.0 Å². The quantitative estimate of drug-likeness (QED) is 0.0603. The normalized spacial score (nSPS) is 17.2. The number of nitriles is 1. The highest BCUT2D eigenvalue weighted by Gasteiger charge is 2.51. The van der Waals surface area contributed by atoms with Crippen molar-refractivity contribution in [3.63, 3.8) is 0 Å².